The number of rotatable bonds is 9. The van der Waals surface area contributed by atoms with Gasteiger partial charge in [0.05, 0.1) is 45.3 Å². The van der Waals surface area contributed by atoms with Crippen LogP contribution in [-0.4, -0.2) is 27.6 Å². The summed E-state index contributed by atoms with van der Waals surface area (Å²) >= 11 is -0.106. The van der Waals surface area contributed by atoms with Crippen molar-refractivity contribution in [2.24, 2.45) is 0 Å². The molecular weight excluding hydrogens is 693 g/mol. The monoisotopic (exact) mass is 724 g/mol. The molecule has 0 heterocycles. The number of methoxy groups -OCH3 is 3. The third kappa shape index (κ3) is 9.17. The normalized spacial score (nSPS) is 10.3. The predicted octanol–water partition coefficient (Wildman–Crippen LogP) is 7.88. The van der Waals surface area contributed by atoms with E-state index in [1.165, 1.54) is 48.9 Å². The van der Waals surface area contributed by atoms with Crippen molar-refractivity contribution in [3.63, 3.8) is 0 Å². The zero-order valence-electron chi connectivity index (χ0n) is 24.1. The van der Waals surface area contributed by atoms with Gasteiger partial charge in [0.2, 0.25) is 0 Å². The number of carbonyl (C=O) groups excluding carboxylic acids is 1. The van der Waals surface area contributed by atoms with Crippen molar-refractivity contribution in [2.75, 3.05) is 21.3 Å². The quantitative estimate of drug-likeness (QED) is 0.0672. The molecule has 0 unspecified atom stereocenters. The Labute approximate surface area is 271 Å². The molecule has 0 N–H and O–H groups in total. The van der Waals surface area contributed by atoms with Crippen LogP contribution in [-0.2, 0) is 22.1 Å². The van der Waals surface area contributed by atoms with Crippen LogP contribution in [0.4, 0.5) is 0 Å². The maximum atomic E-state index is 10.6. The number of carbonyl (C=O) groups is 1. The zero-order chi connectivity index (χ0) is 30.9. The van der Waals surface area contributed by atoms with Crippen LogP contribution in [0.1, 0.15) is 15.9 Å². The Morgan fingerprint density at radius 2 is 1.09 bits per heavy atom. The van der Waals surface area contributed by atoms with Gasteiger partial charge in [-0.2, -0.15) is 0 Å². The largest absolute Gasteiger partial charge is 0.116 e. The molecular formula is C35H33Cl2O4PPd. The molecule has 0 amide bonds. The van der Waals surface area contributed by atoms with Crippen LogP contribution in [0, 0.1) is 6.07 Å². The molecule has 0 aliphatic carbocycles. The van der Waals surface area contributed by atoms with Crippen LogP contribution >= 0.6 is 26.3 Å². The van der Waals surface area contributed by atoms with Gasteiger partial charge in [-0.15, -0.1) is 5.56 Å². The molecule has 0 radical (unpaired) electrons. The molecule has 0 spiro atoms. The first-order valence-electron chi connectivity index (χ1n) is 13.2. The van der Waals surface area contributed by atoms with Crippen LogP contribution in [0.15, 0.2) is 127 Å². The van der Waals surface area contributed by atoms with Crippen LogP contribution in [0.3, 0.4) is 0 Å². The van der Waals surface area contributed by atoms with E-state index in [0.717, 1.165) is 6.16 Å². The zero-order valence-corrected chi connectivity index (χ0v) is 28.0. The molecule has 0 aromatic heterocycles. The van der Waals surface area contributed by atoms with Gasteiger partial charge in [-0.3, -0.25) is 0 Å². The molecule has 0 aliphatic heterocycles. The van der Waals surface area contributed by atoms with Crippen molar-refractivity contribution in [2.45, 2.75) is 6.16 Å². The van der Waals surface area contributed by atoms with E-state index in [4.69, 9.17) is 33.3 Å². The minimum absolute atomic E-state index is 0.106. The van der Waals surface area contributed by atoms with Crippen molar-refractivity contribution in [3.05, 3.63) is 145 Å². The molecule has 0 atom stereocenters. The summed E-state index contributed by atoms with van der Waals surface area (Å²) in [5.74, 6) is 1.24. The number of halogens is 2. The minimum Gasteiger partial charge on any atom is -0.0622 e. The summed E-state index contributed by atoms with van der Waals surface area (Å²) < 4.78 is 15.1. The molecule has 226 valence electrons. The molecule has 8 heteroatoms. The Bertz CT molecular complexity index is 1390. The summed E-state index contributed by atoms with van der Waals surface area (Å²) in [4.78, 5) is 10.6. The van der Waals surface area contributed by atoms with Crippen molar-refractivity contribution < 1.29 is 34.9 Å². The summed E-state index contributed by atoms with van der Waals surface area (Å²) in [6, 6.07) is 48.3. The van der Waals surface area contributed by atoms with E-state index in [1.807, 2.05) is 0 Å². The fraction of sp³-hybridized carbons (Fsp3) is 0.114. The number of aldehydes is 1. The van der Waals surface area contributed by atoms with E-state index in [9.17, 15) is 4.79 Å². The van der Waals surface area contributed by atoms with Crippen LogP contribution in [0.5, 0.6) is 17.2 Å². The third-order valence-corrected chi connectivity index (χ3v) is 11.0. The summed E-state index contributed by atoms with van der Waals surface area (Å²) in [6.07, 6.45) is 1.70. The second-order valence-corrected chi connectivity index (χ2v) is 14.8. The average molecular weight is 726 g/mol. The van der Waals surface area contributed by atoms with Crippen LogP contribution in [0.25, 0.3) is 0 Å². The average Bonchev–Trinajstić information content (AvgIpc) is 3.08. The standard InChI is InChI=1S/C25H22P.C10H11O4.2ClH.Pd/c1-5-13-22(14-6-1)21-26(23-15-7-2-8-16-23,24-17-9-3-10-18-24)25-19-11-4-12-20-25;1-12-8-4-7(6-11)5-9(13-2)10(8)14-3;;;/h1-20H,21H2;4,6H,1-3H3;2*1H;/q+1;-1;;;+2/p-2. The Balaban J connectivity index is 0.000000252. The van der Waals surface area contributed by atoms with Gasteiger partial charge >= 0.3 is 35.0 Å². The summed E-state index contributed by atoms with van der Waals surface area (Å²) in [5, 5.41) is 4.30. The predicted molar refractivity (Wildman–Crippen MR) is 177 cm³/mol. The topological polar surface area (TPSA) is 44.8 Å². The molecule has 5 aromatic rings. The summed E-state index contributed by atoms with van der Waals surface area (Å²) in [7, 11) is 12.3. The van der Waals surface area contributed by atoms with E-state index < -0.39 is 7.26 Å². The van der Waals surface area contributed by atoms with Crippen molar-refractivity contribution in [1.29, 1.82) is 0 Å². The van der Waals surface area contributed by atoms with E-state index in [-0.39, 0.29) is 15.9 Å². The minimum atomic E-state index is -1.78. The SMILES string of the molecule is COc1[c-]c(C=O)cc(OC)c1OC.[Cl][Pd][Cl].c1ccc(C[P+](c2ccccc2)(c2ccccc2)c2ccccc2)cc1. The molecule has 0 fully saturated rings. The van der Waals surface area contributed by atoms with Gasteiger partial charge in [0, 0.05) is 0 Å². The van der Waals surface area contributed by atoms with Crippen LogP contribution in [0.2, 0.25) is 0 Å². The molecule has 0 saturated carbocycles. The Hall–Kier alpha value is -3.16. The van der Waals surface area contributed by atoms with Gasteiger partial charge in [0.25, 0.3) is 0 Å². The summed E-state index contributed by atoms with van der Waals surface area (Å²) in [5.41, 5.74) is 1.75. The van der Waals surface area contributed by atoms with E-state index in [2.05, 4.69) is 127 Å². The van der Waals surface area contributed by atoms with E-state index in [1.54, 1.807) is 0 Å². The smallest absolute Gasteiger partial charge is 0.0622 e. The molecule has 5 aromatic carbocycles. The van der Waals surface area contributed by atoms with E-state index in [0.29, 0.717) is 29.1 Å². The van der Waals surface area contributed by atoms with Crippen molar-refractivity contribution in [1.82, 2.24) is 0 Å². The molecule has 43 heavy (non-hydrogen) atoms. The molecule has 0 saturated heterocycles. The second-order valence-electron chi connectivity index (χ2n) is 8.98. The fourth-order valence-corrected chi connectivity index (χ4v) is 8.96. The second kappa shape index (κ2) is 18.5. The first kappa shape index (κ1) is 34.3. The van der Waals surface area contributed by atoms with Gasteiger partial charge in [0.15, 0.2) is 0 Å². The molecule has 0 bridgehead atoms. The van der Waals surface area contributed by atoms with Crippen LogP contribution < -0.4 is 30.1 Å². The Morgan fingerprint density at radius 1 is 0.674 bits per heavy atom. The summed E-state index contributed by atoms with van der Waals surface area (Å²) in [6.45, 7) is 0. The molecule has 4 nitrogen and oxygen atoms in total. The number of hydrogen-bond donors (Lipinski definition) is 0. The maximum Gasteiger partial charge on any atom is 0.116 e. The molecule has 5 rings (SSSR count). The van der Waals surface area contributed by atoms with Crippen molar-refractivity contribution >= 4 is 48.5 Å². The number of hydrogen-bond acceptors (Lipinski definition) is 4. The first-order chi connectivity index (χ1) is 21.1. The van der Waals surface area contributed by atoms with Gasteiger partial charge in [-0.1, -0.05) is 97.1 Å². The third-order valence-electron chi connectivity index (χ3n) is 6.58. The van der Waals surface area contributed by atoms with Gasteiger partial charge in [-0.05, 0) is 42.0 Å². The maximum absolute atomic E-state index is 10.6. The number of ether oxygens (including phenoxy) is 3. The van der Waals surface area contributed by atoms with Crippen molar-refractivity contribution in [3.8, 4) is 17.2 Å². The fourth-order valence-electron chi connectivity index (χ4n) is 4.72. The van der Waals surface area contributed by atoms with Gasteiger partial charge in [-0.25, -0.2) is 0 Å². The van der Waals surface area contributed by atoms with E-state index >= 15 is 0 Å². The molecule has 0 aliphatic rings. The Morgan fingerprint density at radius 3 is 1.44 bits per heavy atom. The first-order valence-corrected chi connectivity index (χ1v) is 19.1. The Kier molecular flexibility index (Phi) is 14.8. The van der Waals surface area contributed by atoms with Gasteiger partial charge in [0.1, 0.15) is 28.9 Å². The van der Waals surface area contributed by atoms with Gasteiger partial charge < -0.3 is 19.0 Å². The number of benzene rings is 5.